The molecule has 24 heavy (non-hydrogen) atoms. The molecule has 2 aromatic rings. The topological polar surface area (TPSA) is 88.7 Å². The second kappa shape index (κ2) is 6.98. The summed E-state index contributed by atoms with van der Waals surface area (Å²) >= 11 is 0. The Labute approximate surface area is 140 Å². The first-order chi connectivity index (χ1) is 11.5. The van der Waals surface area contributed by atoms with Gasteiger partial charge in [0.05, 0.1) is 17.9 Å². The second-order valence-electron chi connectivity index (χ2n) is 6.02. The van der Waals surface area contributed by atoms with Crippen LogP contribution in [0.25, 0.3) is 0 Å². The number of carboxylic acids is 1. The largest absolute Gasteiger partial charge is 0.478 e. The number of hydrogen-bond acceptors (Lipinski definition) is 5. The molecule has 6 heteroatoms. The standard InChI is InChI=1S/C18H21N3O3/c1-12-8-14(19)9-16(20-12)17-11-21(6-7-24-17)10-13-4-2-3-5-15(13)18(22)23/h2-5,8-9,17H,6-7,10-11H2,1H3,(H2,19,20)(H,22,23)/t17-/m1/s1. The second-order valence-corrected chi connectivity index (χ2v) is 6.02. The van der Waals surface area contributed by atoms with Gasteiger partial charge in [0.25, 0.3) is 0 Å². The summed E-state index contributed by atoms with van der Waals surface area (Å²) in [6.45, 7) is 4.47. The van der Waals surface area contributed by atoms with E-state index in [-0.39, 0.29) is 6.10 Å². The van der Waals surface area contributed by atoms with Crippen molar-refractivity contribution in [2.45, 2.75) is 19.6 Å². The summed E-state index contributed by atoms with van der Waals surface area (Å²) in [6.07, 6.45) is -0.155. The number of nitrogen functional groups attached to an aromatic ring is 1. The average molecular weight is 327 g/mol. The van der Waals surface area contributed by atoms with Gasteiger partial charge in [-0.05, 0) is 30.7 Å². The fourth-order valence-corrected chi connectivity index (χ4v) is 3.02. The predicted molar refractivity (Wildman–Crippen MR) is 90.8 cm³/mol. The van der Waals surface area contributed by atoms with E-state index in [1.165, 1.54) is 0 Å². The monoisotopic (exact) mass is 327 g/mol. The zero-order chi connectivity index (χ0) is 17.1. The molecule has 1 aromatic carbocycles. The number of nitrogens with two attached hydrogens (primary N) is 1. The van der Waals surface area contributed by atoms with Crippen LogP contribution in [-0.4, -0.2) is 40.7 Å². The molecule has 2 heterocycles. The third-order valence-corrected chi connectivity index (χ3v) is 4.12. The van der Waals surface area contributed by atoms with Gasteiger partial charge in [-0.2, -0.15) is 0 Å². The maximum atomic E-state index is 11.4. The van der Waals surface area contributed by atoms with Crippen molar-refractivity contribution < 1.29 is 14.6 Å². The molecule has 1 fully saturated rings. The third-order valence-electron chi connectivity index (χ3n) is 4.12. The number of morpholine rings is 1. The Morgan fingerprint density at radius 2 is 2.21 bits per heavy atom. The number of carboxylic acid groups (broad SMARTS) is 1. The SMILES string of the molecule is Cc1cc(N)cc([C@H]2CN(Cc3ccccc3C(=O)O)CCO2)n1. The van der Waals surface area contributed by atoms with Crippen molar-refractivity contribution in [2.75, 3.05) is 25.4 Å². The number of rotatable bonds is 4. The molecule has 0 bridgehead atoms. The number of aryl methyl sites for hydroxylation is 1. The summed E-state index contributed by atoms with van der Waals surface area (Å²) in [7, 11) is 0. The lowest BCUT2D eigenvalue weighted by Crippen LogP contribution is -2.38. The third kappa shape index (κ3) is 3.72. The molecule has 1 aliphatic rings. The van der Waals surface area contributed by atoms with Crippen molar-refractivity contribution in [3.05, 3.63) is 58.9 Å². The van der Waals surface area contributed by atoms with Gasteiger partial charge in [-0.15, -0.1) is 0 Å². The number of benzene rings is 1. The lowest BCUT2D eigenvalue weighted by molar-refractivity contribution is -0.0350. The van der Waals surface area contributed by atoms with E-state index in [2.05, 4.69) is 9.88 Å². The first-order valence-electron chi connectivity index (χ1n) is 7.92. The van der Waals surface area contributed by atoms with Gasteiger partial charge >= 0.3 is 5.97 Å². The van der Waals surface area contributed by atoms with E-state index in [0.717, 1.165) is 23.5 Å². The molecule has 1 atom stereocenters. The molecule has 0 amide bonds. The quantitative estimate of drug-likeness (QED) is 0.895. The van der Waals surface area contributed by atoms with Gasteiger partial charge in [0, 0.05) is 31.0 Å². The molecule has 0 spiro atoms. The van der Waals surface area contributed by atoms with Gasteiger partial charge in [0.2, 0.25) is 0 Å². The highest BCUT2D eigenvalue weighted by atomic mass is 16.5. The molecule has 0 saturated carbocycles. The van der Waals surface area contributed by atoms with E-state index in [1.54, 1.807) is 12.1 Å². The molecule has 3 rings (SSSR count). The Kier molecular flexibility index (Phi) is 4.78. The summed E-state index contributed by atoms with van der Waals surface area (Å²) in [5.74, 6) is -0.900. The Bertz CT molecular complexity index is 728. The molecule has 0 aliphatic carbocycles. The molecule has 0 radical (unpaired) electrons. The molecular weight excluding hydrogens is 306 g/mol. The van der Waals surface area contributed by atoms with Gasteiger partial charge in [-0.25, -0.2) is 4.79 Å². The molecular formula is C18H21N3O3. The van der Waals surface area contributed by atoms with Crippen LogP contribution >= 0.6 is 0 Å². The van der Waals surface area contributed by atoms with Crippen LogP contribution in [0.3, 0.4) is 0 Å². The Balaban J connectivity index is 1.75. The van der Waals surface area contributed by atoms with Gasteiger partial charge in [0.1, 0.15) is 6.10 Å². The van der Waals surface area contributed by atoms with Crippen molar-refractivity contribution in [1.82, 2.24) is 9.88 Å². The highest BCUT2D eigenvalue weighted by Crippen LogP contribution is 2.24. The van der Waals surface area contributed by atoms with Crippen LogP contribution in [0, 0.1) is 6.92 Å². The van der Waals surface area contributed by atoms with Crippen molar-refractivity contribution in [1.29, 1.82) is 0 Å². The van der Waals surface area contributed by atoms with E-state index in [0.29, 0.717) is 30.9 Å². The first kappa shape index (κ1) is 16.4. The minimum Gasteiger partial charge on any atom is -0.478 e. The number of anilines is 1. The van der Waals surface area contributed by atoms with E-state index in [1.807, 2.05) is 31.2 Å². The van der Waals surface area contributed by atoms with Crippen LogP contribution in [0.1, 0.15) is 33.4 Å². The van der Waals surface area contributed by atoms with Gasteiger partial charge in [-0.3, -0.25) is 9.88 Å². The summed E-state index contributed by atoms with van der Waals surface area (Å²) < 4.78 is 5.84. The zero-order valence-corrected chi connectivity index (χ0v) is 13.6. The first-order valence-corrected chi connectivity index (χ1v) is 7.92. The summed E-state index contributed by atoms with van der Waals surface area (Å²) in [5.41, 5.74) is 9.42. The van der Waals surface area contributed by atoms with Crippen LogP contribution in [-0.2, 0) is 11.3 Å². The number of hydrogen-bond donors (Lipinski definition) is 2. The maximum Gasteiger partial charge on any atom is 0.336 e. The lowest BCUT2D eigenvalue weighted by atomic mass is 10.1. The zero-order valence-electron chi connectivity index (χ0n) is 13.6. The Hall–Kier alpha value is -2.44. The smallest absolute Gasteiger partial charge is 0.336 e. The molecule has 3 N–H and O–H groups in total. The summed E-state index contributed by atoms with van der Waals surface area (Å²) in [6, 6.07) is 10.8. The number of aromatic carboxylic acids is 1. The van der Waals surface area contributed by atoms with Crippen LogP contribution in [0.5, 0.6) is 0 Å². The van der Waals surface area contributed by atoms with E-state index in [4.69, 9.17) is 10.5 Å². The lowest BCUT2D eigenvalue weighted by Gasteiger charge is -2.33. The van der Waals surface area contributed by atoms with Crippen molar-refractivity contribution in [2.24, 2.45) is 0 Å². The predicted octanol–water partition coefficient (Wildman–Crippen LogP) is 2.24. The van der Waals surface area contributed by atoms with Crippen molar-refractivity contribution in [3.63, 3.8) is 0 Å². The van der Waals surface area contributed by atoms with Crippen LogP contribution in [0.4, 0.5) is 5.69 Å². The highest BCUT2D eigenvalue weighted by molar-refractivity contribution is 5.89. The molecule has 0 unspecified atom stereocenters. The number of carbonyl (C=O) groups is 1. The van der Waals surface area contributed by atoms with E-state index in [9.17, 15) is 9.90 Å². The normalized spacial score (nSPS) is 18.5. The van der Waals surface area contributed by atoms with Crippen LogP contribution < -0.4 is 5.73 Å². The number of pyridine rings is 1. The molecule has 1 aromatic heterocycles. The molecule has 126 valence electrons. The number of ether oxygens (including phenoxy) is 1. The van der Waals surface area contributed by atoms with Crippen molar-refractivity contribution >= 4 is 11.7 Å². The Morgan fingerprint density at radius 1 is 1.42 bits per heavy atom. The number of nitrogens with zero attached hydrogens (tertiary/aromatic N) is 2. The van der Waals surface area contributed by atoms with Crippen LogP contribution in [0.2, 0.25) is 0 Å². The molecule has 1 saturated heterocycles. The number of aromatic nitrogens is 1. The highest BCUT2D eigenvalue weighted by Gasteiger charge is 2.24. The van der Waals surface area contributed by atoms with E-state index < -0.39 is 5.97 Å². The molecule has 6 nitrogen and oxygen atoms in total. The van der Waals surface area contributed by atoms with E-state index >= 15 is 0 Å². The van der Waals surface area contributed by atoms with Crippen LogP contribution in [0.15, 0.2) is 36.4 Å². The average Bonchev–Trinajstić information content (AvgIpc) is 2.54. The fraction of sp³-hybridized carbons (Fsp3) is 0.333. The minimum absolute atomic E-state index is 0.155. The maximum absolute atomic E-state index is 11.4. The summed E-state index contributed by atoms with van der Waals surface area (Å²) in [5, 5.41) is 9.32. The minimum atomic E-state index is -0.900. The fourth-order valence-electron chi connectivity index (χ4n) is 3.02. The van der Waals surface area contributed by atoms with Gasteiger partial charge < -0.3 is 15.6 Å². The molecule has 1 aliphatic heterocycles. The van der Waals surface area contributed by atoms with Crippen molar-refractivity contribution in [3.8, 4) is 0 Å². The van der Waals surface area contributed by atoms with Gasteiger partial charge in [0.15, 0.2) is 0 Å². The summed E-state index contributed by atoms with van der Waals surface area (Å²) in [4.78, 5) is 18.1. The Morgan fingerprint density at radius 3 is 2.96 bits per heavy atom. The van der Waals surface area contributed by atoms with Gasteiger partial charge in [-0.1, -0.05) is 18.2 Å².